The second kappa shape index (κ2) is 5.40. The number of nitrogen functional groups attached to an aromatic ring is 1. The highest BCUT2D eigenvalue weighted by Gasteiger charge is 2.32. The molecule has 6 nitrogen and oxygen atoms in total. The summed E-state index contributed by atoms with van der Waals surface area (Å²) in [5.41, 5.74) is 11.7. The molecular weight excluding hydrogens is 258 g/mol. The molecule has 6 heteroatoms. The molecule has 1 aromatic carbocycles. The Labute approximate surface area is 117 Å². The first-order valence-corrected chi connectivity index (χ1v) is 6.59. The lowest BCUT2D eigenvalue weighted by Crippen LogP contribution is -2.48. The molecule has 1 aliphatic heterocycles. The van der Waals surface area contributed by atoms with Crippen molar-refractivity contribution in [3.05, 3.63) is 23.8 Å². The Hall–Kier alpha value is -2.24. The fourth-order valence-electron chi connectivity index (χ4n) is 2.51. The van der Waals surface area contributed by atoms with Crippen LogP contribution < -0.4 is 11.5 Å². The van der Waals surface area contributed by atoms with Gasteiger partial charge in [0.25, 0.3) is 5.91 Å². The number of nitrogens with zero attached hydrogens (tertiary/aromatic N) is 1. The van der Waals surface area contributed by atoms with Crippen LogP contribution in [0, 0.1) is 5.92 Å². The van der Waals surface area contributed by atoms with Crippen LogP contribution in [0.3, 0.4) is 0 Å². The summed E-state index contributed by atoms with van der Waals surface area (Å²) < 4.78 is 0. The third-order valence-electron chi connectivity index (χ3n) is 3.81. The van der Waals surface area contributed by atoms with Crippen molar-refractivity contribution >= 4 is 17.5 Å². The number of benzene rings is 1. The van der Waals surface area contributed by atoms with Crippen LogP contribution in [-0.2, 0) is 4.79 Å². The Bertz CT molecular complexity index is 544. The van der Waals surface area contributed by atoms with Gasteiger partial charge in [0.15, 0.2) is 0 Å². The van der Waals surface area contributed by atoms with Crippen LogP contribution in [0.4, 0.5) is 5.69 Å². The zero-order valence-electron chi connectivity index (χ0n) is 11.4. The van der Waals surface area contributed by atoms with Gasteiger partial charge in [0.1, 0.15) is 5.75 Å². The number of piperidine rings is 1. The maximum absolute atomic E-state index is 12.5. The summed E-state index contributed by atoms with van der Waals surface area (Å²) in [6, 6.07) is 4.28. The largest absolute Gasteiger partial charge is 0.508 e. The van der Waals surface area contributed by atoms with Gasteiger partial charge in [-0.25, -0.2) is 0 Å². The molecule has 0 radical (unpaired) electrons. The maximum Gasteiger partial charge on any atom is 0.256 e. The number of primary amides is 1. The molecule has 0 aliphatic carbocycles. The summed E-state index contributed by atoms with van der Waals surface area (Å²) in [6.45, 7) is 2.22. The van der Waals surface area contributed by atoms with Gasteiger partial charge in [-0.1, -0.05) is 0 Å². The van der Waals surface area contributed by atoms with E-state index in [-0.39, 0.29) is 29.2 Å². The smallest absolute Gasteiger partial charge is 0.256 e. The zero-order chi connectivity index (χ0) is 14.9. The normalized spacial score (nSPS) is 22.6. The van der Waals surface area contributed by atoms with Crippen molar-refractivity contribution in [2.24, 2.45) is 11.7 Å². The van der Waals surface area contributed by atoms with Crippen molar-refractivity contribution in [2.45, 2.75) is 25.8 Å². The van der Waals surface area contributed by atoms with E-state index in [1.165, 1.54) is 18.2 Å². The van der Waals surface area contributed by atoms with E-state index in [1.807, 2.05) is 6.92 Å². The number of phenols is 1. The molecule has 2 atom stereocenters. The summed E-state index contributed by atoms with van der Waals surface area (Å²) in [5.74, 6) is -1.01. The predicted molar refractivity (Wildman–Crippen MR) is 74.9 cm³/mol. The average molecular weight is 277 g/mol. The number of phenolic OH excluding ortho intramolecular Hbond substituents is 1. The van der Waals surface area contributed by atoms with Gasteiger partial charge in [-0.05, 0) is 38.0 Å². The topological polar surface area (TPSA) is 110 Å². The molecule has 1 fully saturated rings. The van der Waals surface area contributed by atoms with Gasteiger partial charge in [0.2, 0.25) is 5.91 Å². The van der Waals surface area contributed by atoms with Crippen molar-refractivity contribution in [1.29, 1.82) is 0 Å². The van der Waals surface area contributed by atoms with E-state index in [4.69, 9.17) is 11.5 Å². The number of hydrogen-bond acceptors (Lipinski definition) is 4. The summed E-state index contributed by atoms with van der Waals surface area (Å²) >= 11 is 0. The minimum atomic E-state index is -0.390. The van der Waals surface area contributed by atoms with Gasteiger partial charge in [-0.2, -0.15) is 0 Å². The van der Waals surface area contributed by atoms with Crippen LogP contribution in [-0.4, -0.2) is 34.4 Å². The van der Waals surface area contributed by atoms with E-state index in [2.05, 4.69) is 0 Å². The number of nitrogens with two attached hydrogens (primary N) is 2. The van der Waals surface area contributed by atoms with Crippen molar-refractivity contribution < 1.29 is 14.7 Å². The number of rotatable bonds is 2. The van der Waals surface area contributed by atoms with Crippen LogP contribution in [0.5, 0.6) is 5.75 Å². The van der Waals surface area contributed by atoms with Crippen molar-refractivity contribution in [2.75, 3.05) is 12.3 Å². The second-order valence-electron chi connectivity index (χ2n) is 5.25. The lowest BCUT2D eigenvalue weighted by molar-refractivity contribution is -0.123. The molecular formula is C14H19N3O3. The standard InChI is InChI=1S/C14H19N3O3/c1-8-2-3-9(13(16)19)7-17(8)14(20)11-6-10(18)4-5-12(11)15/h4-6,8-9,18H,2-3,7,15H2,1H3,(H2,16,19). The van der Waals surface area contributed by atoms with Gasteiger partial charge in [-0.3, -0.25) is 9.59 Å². The minimum Gasteiger partial charge on any atom is -0.508 e. The summed E-state index contributed by atoms with van der Waals surface area (Å²) in [5, 5.41) is 9.49. The summed E-state index contributed by atoms with van der Waals surface area (Å²) in [6.07, 6.45) is 1.41. The number of aromatic hydroxyl groups is 1. The first kappa shape index (κ1) is 14.2. The second-order valence-corrected chi connectivity index (χ2v) is 5.25. The summed E-state index contributed by atoms with van der Waals surface area (Å²) in [7, 11) is 0. The molecule has 2 rings (SSSR count). The van der Waals surface area contributed by atoms with E-state index < -0.39 is 5.91 Å². The minimum absolute atomic E-state index is 0.0137. The molecule has 2 unspecified atom stereocenters. The highest BCUT2D eigenvalue weighted by molar-refractivity contribution is 6.00. The molecule has 108 valence electrons. The Balaban J connectivity index is 2.26. The van der Waals surface area contributed by atoms with Gasteiger partial charge >= 0.3 is 0 Å². The highest BCUT2D eigenvalue weighted by atomic mass is 16.3. The van der Waals surface area contributed by atoms with Crippen molar-refractivity contribution in [3.8, 4) is 5.75 Å². The van der Waals surface area contributed by atoms with E-state index >= 15 is 0 Å². The molecule has 0 spiro atoms. The molecule has 0 saturated carbocycles. The first-order chi connectivity index (χ1) is 9.40. The monoisotopic (exact) mass is 277 g/mol. The molecule has 1 aromatic rings. The SMILES string of the molecule is CC1CCC(C(N)=O)CN1C(=O)c1cc(O)ccc1N. The van der Waals surface area contributed by atoms with Gasteiger partial charge in [-0.15, -0.1) is 0 Å². The molecule has 0 bridgehead atoms. The average Bonchev–Trinajstić information content (AvgIpc) is 2.41. The summed E-state index contributed by atoms with van der Waals surface area (Å²) in [4.78, 5) is 25.4. The van der Waals surface area contributed by atoms with E-state index in [9.17, 15) is 14.7 Å². The Morgan fingerprint density at radius 1 is 1.35 bits per heavy atom. The molecule has 1 aliphatic rings. The lowest BCUT2D eigenvalue weighted by Gasteiger charge is -2.37. The number of likely N-dealkylation sites (tertiary alicyclic amines) is 1. The number of anilines is 1. The third kappa shape index (κ3) is 2.68. The number of hydrogen-bond donors (Lipinski definition) is 3. The van der Waals surface area contributed by atoms with Crippen LogP contribution in [0.25, 0.3) is 0 Å². The number of carbonyl (C=O) groups is 2. The lowest BCUT2D eigenvalue weighted by atomic mass is 9.92. The number of amides is 2. The van der Waals surface area contributed by atoms with E-state index in [0.717, 1.165) is 6.42 Å². The number of carbonyl (C=O) groups excluding carboxylic acids is 2. The van der Waals surface area contributed by atoms with Crippen molar-refractivity contribution in [3.63, 3.8) is 0 Å². The quantitative estimate of drug-likeness (QED) is 0.546. The first-order valence-electron chi connectivity index (χ1n) is 6.59. The molecule has 0 aromatic heterocycles. The molecule has 5 N–H and O–H groups in total. The Morgan fingerprint density at radius 2 is 2.05 bits per heavy atom. The predicted octanol–water partition coefficient (Wildman–Crippen LogP) is 0.700. The van der Waals surface area contributed by atoms with Gasteiger partial charge in [0, 0.05) is 18.3 Å². The van der Waals surface area contributed by atoms with Crippen molar-refractivity contribution in [1.82, 2.24) is 4.90 Å². The zero-order valence-corrected chi connectivity index (χ0v) is 11.4. The Kier molecular flexibility index (Phi) is 3.83. The molecule has 20 heavy (non-hydrogen) atoms. The fraction of sp³-hybridized carbons (Fsp3) is 0.429. The van der Waals surface area contributed by atoms with E-state index in [1.54, 1.807) is 4.90 Å². The van der Waals surface area contributed by atoms with E-state index in [0.29, 0.717) is 18.7 Å². The highest BCUT2D eigenvalue weighted by Crippen LogP contribution is 2.26. The van der Waals surface area contributed by atoms with Gasteiger partial charge in [0.05, 0.1) is 11.5 Å². The van der Waals surface area contributed by atoms with Crippen LogP contribution in [0.15, 0.2) is 18.2 Å². The van der Waals surface area contributed by atoms with Gasteiger partial charge < -0.3 is 21.5 Å². The Morgan fingerprint density at radius 3 is 2.70 bits per heavy atom. The fourth-order valence-corrected chi connectivity index (χ4v) is 2.51. The maximum atomic E-state index is 12.5. The van der Waals surface area contributed by atoms with Crippen LogP contribution in [0.1, 0.15) is 30.1 Å². The molecule has 1 saturated heterocycles. The molecule has 1 heterocycles. The third-order valence-corrected chi connectivity index (χ3v) is 3.81. The van der Waals surface area contributed by atoms with Crippen LogP contribution in [0.2, 0.25) is 0 Å². The van der Waals surface area contributed by atoms with Crippen LogP contribution >= 0.6 is 0 Å². The molecule has 2 amide bonds.